The molecule has 2 aliphatic rings. The molecule has 2 aromatic heterocycles. The first-order valence-electron chi connectivity index (χ1n) is 15.4. The number of para-hydroxylation sites is 1. The molecule has 1 N–H and O–H groups in total. The molecule has 1 aliphatic carbocycles. The number of carbonyl (C=O) groups is 1. The first-order chi connectivity index (χ1) is 20.6. The van der Waals surface area contributed by atoms with Crippen LogP contribution in [0.3, 0.4) is 0 Å². The van der Waals surface area contributed by atoms with Gasteiger partial charge in [-0.25, -0.2) is 4.79 Å². The van der Waals surface area contributed by atoms with Gasteiger partial charge in [-0.3, -0.25) is 4.68 Å². The fourth-order valence-electron chi connectivity index (χ4n) is 6.75. The van der Waals surface area contributed by atoms with Crippen molar-refractivity contribution in [3.63, 3.8) is 0 Å². The molecule has 0 fully saturated rings. The van der Waals surface area contributed by atoms with Crippen LogP contribution in [0.4, 0.5) is 0 Å². The van der Waals surface area contributed by atoms with Gasteiger partial charge in [0.1, 0.15) is 11.4 Å². The Morgan fingerprint density at radius 3 is 2.81 bits per heavy atom. The molecule has 6 rings (SSSR count). The smallest absolute Gasteiger partial charge is 0.352 e. The molecule has 0 saturated carbocycles. The molecule has 0 bridgehead atoms. The summed E-state index contributed by atoms with van der Waals surface area (Å²) in [6.07, 6.45) is 7.67. The lowest BCUT2D eigenvalue weighted by atomic mass is 9.91. The normalized spacial score (nSPS) is 15.2. The van der Waals surface area contributed by atoms with E-state index in [2.05, 4.69) is 30.3 Å². The van der Waals surface area contributed by atoms with E-state index in [0.717, 1.165) is 76.8 Å². The number of benzene rings is 2. The zero-order valence-electron chi connectivity index (χ0n) is 24.8. The molecule has 1 aliphatic heterocycles. The minimum Gasteiger partial charge on any atom is -0.493 e. The van der Waals surface area contributed by atoms with Crippen LogP contribution >= 0.6 is 0 Å². The third-order valence-corrected chi connectivity index (χ3v) is 8.68. The number of aromatic nitrogens is 3. The number of carboxylic acid groups (broad SMARTS) is 1. The van der Waals surface area contributed by atoms with Gasteiger partial charge in [-0.05, 0) is 81.0 Å². The molecule has 0 saturated heterocycles. The van der Waals surface area contributed by atoms with Crippen molar-refractivity contribution in [2.75, 3.05) is 19.8 Å². The number of carboxylic acids is 1. The van der Waals surface area contributed by atoms with Gasteiger partial charge in [-0.15, -0.1) is 0 Å². The average molecular weight is 572 g/mol. The van der Waals surface area contributed by atoms with Crippen LogP contribution in [-0.4, -0.2) is 45.2 Å². The van der Waals surface area contributed by atoms with E-state index in [-0.39, 0.29) is 0 Å². The molecule has 0 atom stereocenters. The SMILES string of the molecule is CCOCc1nn(C)c2c1-c1cccc3c(CCCOc4cccc5c4CCCC5)c(C(=O)O)n(c13)CCCCOC2. The summed E-state index contributed by atoms with van der Waals surface area (Å²) in [5.74, 6) is 0.0928. The Hall–Kier alpha value is -3.62. The molecule has 8 heteroatoms. The zero-order chi connectivity index (χ0) is 29.1. The number of rotatable bonds is 9. The summed E-state index contributed by atoms with van der Waals surface area (Å²) in [4.78, 5) is 12.9. The zero-order valence-corrected chi connectivity index (χ0v) is 24.8. The van der Waals surface area contributed by atoms with E-state index in [0.29, 0.717) is 51.7 Å². The third kappa shape index (κ3) is 5.45. The predicted molar refractivity (Wildman–Crippen MR) is 162 cm³/mol. The second-order valence-corrected chi connectivity index (χ2v) is 11.3. The van der Waals surface area contributed by atoms with E-state index in [1.807, 2.05) is 29.3 Å². The number of hydrogen-bond donors (Lipinski definition) is 1. The highest BCUT2D eigenvalue weighted by atomic mass is 16.5. The number of aryl methyl sites for hydroxylation is 4. The van der Waals surface area contributed by atoms with Gasteiger partial charge in [-0.2, -0.15) is 5.10 Å². The van der Waals surface area contributed by atoms with E-state index >= 15 is 0 Å². The van der Waals surface area contributed by atoms with Crippen molar-refractivity contribution in [3.05, 3.63) is 70.2 Å². The van der Waals surface area contributed by atoms with Crippen LogP contribution < -0.4 is 4.74 Å². The van der Waals surface area contributed by atoms with Crippen molar-refractivity contribution in [2.24, 2.45) is 7.05 Å². The lowest BCUT2D eigenvalue weighted by Gasteiger charge is -2.19. The molecule has 222 valence electrons. The molecule has 2 aromatic carbocycles. The fourth-order valence-corrected chi connectivity index (χ4v) is 6.75. The molecule has 0 amide bonds. The highest BCUT2D eigenvalue weighted by Gasteiger charge is 2.28. The van der Waals surface area contributed by atoms with Crippen molar-refractivity contribution in [3.8, 4) is 16.9 Å². The molecule has 0 radical (unpaired) electrons. The Morgan fingerprint density at radius 2 is 1.95 bits per heavy atom. The topological polar surface area (TPSA) is 87.7 Å². The summed E-state index contributed by atoms with van der Waals surface area (Å²) in [5, 5.41) is 16.4. The minimum atomic E-state index is -0.891. The van der Waals surface area contributed by atoms with Crippen LogP contribution in [0.5, 0.6) is 5.75 Å². The van der Waals surface area contributed by atoms with E-state index in [1.165, 1.54) is 24.0 Å². The largest absolute Gasteiger partial charge is 0.493 e. The van der Waals surface area contributed by atoms with Gasteiger partial charge in [-0.1, -0.05) is 30.3 Å². The molecule has 42 heavy (non-hydrogen) atoms. The lowest BCUT2D eigenvalue weighted by Crippen LogP contribution is -2.12. The van der Waals surface area contributed by atoms with Gasteiger partial charge >= 0.3 is 5.97 Å². The Balaban J connectivity index is 1.39. The highest BCUT2D eigenvalue weighted by Crippen LogP contribution is 2.39. The minimum absolute atomic E-state index is 0.381. The summed E-state index contributed by atoms with van der Waals surface area (Å²) in [6, 6.07) is 12.6. The van der Waals surface area contributed by atoms with Gasteiger partial charge in [0.2, 0.25) is 0 Å². The first kappa shape index (κ1) is 28.5. The first-order valence-corrected chi connectivity index (χ1v) is 15.4. The van der Waals surface area contributed by atoms with E-state index in [9.17, 15) is 9.90 Å². The summed E-state index contributed by atoms with van der Waals surface area (Å²) in [5.41, 5.74) is 8.75. The number of fused-ring (bicyclic) bond motifs is 3. The van der Waals surface area contributed by atoms with Crippen LogP contribution in [0.15, 0.2) is 36.4 Å². The number of aromatic carboxylic acids is 1. The van der Waals surface area contributed by atoms with Crippen molar-refractivity contribution < 1.29 is 24.1 Å². The van der Waals surface area contributed by atoms with Gasteiger partial charge in [0.25, 0.3) is 0 Å². The van der Waals surface area contributed by atoms with Crippen molar-refractivity contribution in [1.29, 1.82) is 0 Å². The maximum Gasteiger partial charge on any atom is 0.352 e. The Bertz CT molecular complexity index is 1580. The third-order valence-electron chi connectivity index (χ3n) is 8.68. The summed E-state index contributed by atoms with van der Waals surface area (Å²) < 4.78 is 22.1. The van der Waals surface area contributed by atoms with Crippen molar-refractivity contribution >= 4 is 16.9 Å². The second kappa shape index (κ2) is 12.7. The Kier molecular flexibility index (Phi) is 8.63. The highest BCUT2D eigenvalue weighted by molar-refractivity contribution is 6.04. The van der Waals surface area contributed by atoms with Crippen LogP contribution in [0.1, 0.15) is 77.6 Å². The van der Waals surface area contributed by atoms with E-state index < -0.39 is 5.97 Å². The molecule has 8 nitrogen and oxygen atoms in total. The Labute approximate surface area is 247 Å². The molecular formula is C34H41N3O5. The maximum absolute atomic E-state index is 12.9. The van der Waals surface area contributed by atoms with Crippen molar-refractivity contribution in [1.82, 2.24) is 14.3 Å². The van der Waals surface area contributed by atoms with Crippen LogP contribution in [0.25, 0.3) is 22.0 Å². The molecule has 0 spiro atoms. The second-order valence-electron chi connectivity index (χ2n) is 11.3. The summed E-state index contributed by atoms with van der Waals surface area (Å²) in [6.45, 7) is 5.16. The molecule has 3 heterocycles. The molecule has 4 aromatic rings. The number of nitrogens with zero attached hydrogens (tertiary/aromatic N) is 3. The van der Waals surface area contributed by atoms with E-state index in [1.54, 1.807) is 0 Å². The standard InChI is InChI=1S/C34H41N3O5/c1-3-40-21-28-31-27-15-9-14-25-26(16-10-20-42-30-17-8-12-23-11-4-5-13-24(23)30)33(34(38)39)37(32(25)27)18-6-7-19-41-22-29(31)36(2)35-28/h8-9,12,14-15,17H,3-7,10-11,13,16,18-22H2,1-2H3,(H,38,39). The number of hydrogen-bond acceptors (Lipinski definition) is 5. The average Bonchev–Trinajstić information content (AvgIpc) is 3.48. The van der Waals surface area contributed by atoms with Gasteiger partial charge in [0, 0.05) is 43.3 Å². The van der Waals surface area contributed by atoms with Gasteiger partial charge < -0.3 is 23.9 Å². The summed E-state index contributed by atoms with van der Waals surface area (Å²) in [7, 11) is 1.94. The van der Waals surface area contributed by atoms with E-state index in [4.69, 9.17) is 19.3 Å². The van der Waals surface area contributed by atoms with Gasteiger partial charge in [0.05, 0.1) is 36.7 Å². The predicted octanol–water partition coefficient (Wildman–Crippen LogP) is 6.48. The Morgan fingerprint density at radius 1 is 1.10 bits per heavy atom. The van der Waals surface area contributed by atoms with Crippen LogP contribution in [0.2, 0.25) is 0 Å². The maximum atomic E-state index is 12.9. The fraction of sp³-hybridized carbons (Fsp3) is 0.471. The van der Waals surface area contributed by atoms with Crippen molar-refractivity contribution in [2.45, 2.75) is 78.0 Å². The monoisotopic (exact) mass is 571 g/mol. The van der Waals surface area contributed by atoms with Crippen LogP contribution in [-0.2, 0) is 55.5 Å². The number of ether oxygens (including phenoxy) is 3. The van der Waals surface area contributed by atoms with Gasteiger partial charge in [0.15, 0.2) is 0 Å². The molecular weight excluding hydrogens is 530 g/mol. The molecule has 0 unspecified atom stereocenters. The quantitative estimate of drug-likeness (QED) is 0.232. The summed E-state index contributed by atoms with van der Waals surface area (Å²) >= 11 is 0. The lowest BCUT2D eigenvalue weighted by molar-refractivity contribution is 0.0683. The van der Waals surface area contributed by atoms with Crippen LogP contribution in [0, 0.1) is 0 Å².